The van der Waals surface area contributed by atoms with Crippen LogP contribution in [0.3, 0.4) is 0 Å². The Morgan fingerprint density at radius 2 is 0.894 bits per heavy atom. The Hall–Kier alpha value is -1.91. The van der Waals surface area contributed by atoms with Crippen LogP contribution in [-0.4, -0.2) is 37.0 Å². The molecule has 0 rings (SSSR count). The zero-order valence-corrected chi connectivity index (χ0v) is 31.0. The lowest BCUT2D eigenvalue weighted by molar-refractivity contribution is -0.154. The molecule has 0 aliphatic rings. The second-order valence-corrected chi connectivity index (χ2v) is 13.0. The molecule has 0 aromatic heterocycles. The zero-order chi connectivity index (χ0) is 34.1. The van der Waals surface area contributed by atoms with Gasteiger partial charge in [-0.25, -0.2) is 0 Å². The Bertz CT molecular complexity index is 779. The molecule has 47 heavy (non-hydrogen) atoms. The van der Waals surface area contributed by atoms with Crippen LogP contribution >= 0.6 is 0 Å². The minimum Gasteiger partial charge on any atom is -0.457 e. The highest BCUT2D eigenvalue weighted by Crippen LogP contribution is 2.11. The number of esters is 1. The summed E-state index contributed by atoms with van der Waals surface area (Å²) in [5, 5.41) is 9.58. The molecule has 0 spiro atoms. The van der Waals surface area contributed by atoms with Gasteiger partial charge in [-0.05, 0) is 83.5 Å². The van der Waals surface area contributed by atoms with Crippen LogP contribution in [0.5, 0.6) is 0 Å². The third-order valence-electron chi connectivity index (χ3n) is 8.32. The molecule has 0 bridgehead atoms. The number of rotatable bonds is 36. The van der Waals surface area contributed by atoms with Gasteiger partial charge in [-0.2, -0.15) is 0 Å². The first-order valence-electron chi connectivity index (χ1n) is 19.9. The minimum atomic E-state index is -0.548. The molecule has 4 heteroatoms. The highest BCUT2D eigenvalue weighted by Gasteiger charge is 2.13. The van der Waals surface area contributed by atoms with E-state index < -0.39 is 6.10 Å². The van der Waals surface area contributed by atoms with E-state index in [1.54, 1.807) is 0 Å². The third kappa shape index (κ3) is 38.4. The topological polar surface area (TPSA) is 55.8 Å². The fraction of sp³-hybridized carbons (Fsp3) is 0.744. The molecular formula is C43H76O4. The molecule has 0 heterocycles. The molecule has 272 valence electrons. The molecule has 1 atom stereocenters. The summed E-state index contributed by atoms with van der Waals surface area (Å²) >= 11 is 0. The number of aliphatic hydroxyl groups is 1. The predicted octanol–water partition coefficient (Wildman–Crippen LogP) is 12.9. The maximum Gasteiger partial charge on any atom is 0.306 e. The molecule has 1 N–H and O–H groups in total. The van der Waals surface area contributed by atoms with Crippen LogP contribution in [0.25, 0.3) is 0 Å². The van der Waals surface area contributed by atoms with E-state index in [1.165, 1.54) is 103 Å². The Labute approximate surface area is 292 Å². The molecule has 0 aromatic carbocycles. The van der Waals surface area contributed by atoms with Crippen LogP contribution in [0, 0.1) is 0 Å². The van der Waals surface area contributed by atoms with Gasteiger partial charge in [0.1, 0.15) is 6.10 Å². The van der Waals surface area contributed by atoms with Gasteiger partial charge in [0.05, 0.1) is 13.2 Å². The molecule has 4 nitrogen and oxygen atoms in total. The van der Waals surface area contributed by atoms with E-state index in [0.29, 0.717) is 13.0 Å². The lowest BCUT2D eigenvalue weighted by Gasteiger charge is -2.15. The van der Waals surface area contributed by atoms with Crippen molar-refractivity contribution in [2.75, 3.05) is 19.8 Å². The molecule has 0 saturated carbocycles. The number of allylic oxidation sites excluding steroid dienone is 10. The van der Waals surface area contributed by atoms with Crippen molar-refractivity contribution in [3.05, 3.63) is 60.8 Å². The Morgan fingerprint density at radius 3 is 1.34 bits per heavy atom. The fourth-order valence-electron chi connectivity index (χ4n) is 5.30. The van der Waals surface area contributed by atoms with Crippen molar-refractivity contribution in [1.29, 1.82) is 0 Å². The van der Waals surface area contributed by atoms with Crippen molar-refractivity contribution < 1.29 is 19.4 Å². The zero-order valence-electron chi connectivity index (χ0n) is 31.0. The van der Waals surface area contributed by atoms with Gasteiger partial charge in [0, 0.05) is 13.0 Å². The van der Waals surface area contributed by atoms with Crippen molar-refractivity contribution in [1.82, 2.24) is 0 Å². The summed E-state index contributed by atoms with van der Waals surface area (Å²) in [7, 11) is 0. The van der Waals surface area contributed by atoms with E-state index in [2.05, 4.69) is 74.6 Å². The fourth-order valence-corrected chi connectivity index (χ4v) is 5.30. The van der Waals surface area contributed by atoms with E-state index in [4.69, 9.17) is 9.47 Å². The summed E-state index contributed by atoms with van der Waals surface area (Å²) in [5.41, 5.74) is 0. The van der Waals surface area contributed by atoms with Gasteiger partial charge in [0.2, 0.25) is 0 Å². The summed E-state index contributed by atoms with van der Waals surface area (Å²) in [6.07, 6.45) is 52.6. The van der Waals surface area contributed by atoms with Crippen LogP contribution in [0.4, 0.5) is 0 Å². The molecule has 0 fully saturated rings. The van der Waals surface area contributed by atoms with Crippen molar-refractivity contribution in [3.8, 4) is 0 Å². The smallest absolute Gasteiger partial charge is 0.306 e. The summed E-state index contributed by atoms with van der Waals surface area (Å²) in [4.78, 5) is 12.2. The number of hydrogen-bond acceptors (Lipinski definition) is 4. The Kier molecular flexibility index (Phi) is 38.6. The van der Waals surface area contributed by atoms with Crippen LogP contribution < -0.4 is 0 Å². The predicted molar refractivity (Wildman–Crippen MR) is 205 cm³/mol. The van der Waals surface area contributed by atoms with Crippen molar-refractivity contribution in [2.45, 2.75) is 187 Å². The van der Waals surface area contributed by atoms with E-state index in [1.807, 2.05) is 0 Å². The first-order valence-corrected chi connectivity index (χ1v) is 19.9. The number of hydrogen-bond donors (Lipinski definition) is 1. The average Bonchev–Trinajstić information content (AvgIpc) is 3.08. The molecular weight excluding hydrogens is 580 g/mol. The van der Waals surface area contributed by atoms with Gasteiger partial charge in [0.15, 0.2) is 0 Å². The molecule has 0 aromatic rings. The van der Waals surface area contributed by atoms with Gasteiger partial charge in [-0.1, -0.05) is 152 Å². The maximum absolute atomic E-state index is 12.2. The van der Waals surface area contributed by atoms with Gasteiger partial charge >= 0.3 is 5.97 Å². The molecule has 0 saturated heterocycles. The van der Waals surface area contributed by atoms with E-state index in [9.17, 15) is 9.90 Å². The van der Waals surface area contributed by atoms with Crippen LogP contribution in [0.15, 0.2) is 60.8 Å². The van der Waals surface area contributed by atoms with Gasteiger partial charge in [-0.3, -0.25) is 4.79 Å². The summed E-state index contributed by atoms with van der Waals surface area (Å²) < 4.78 is 11.1. The lowest BCUT2D eigenvalue weighted by atomic mass is 10.1. The SMILES string of the molecule is CCCCC/C=C\C/C=C\C/C=C\CCCCCCCCC(=O)OC(CO)COCCCCCCCC/C=C\C/C=C\CCCCC. The molecule has 0 radical (unpaired) electrons. The first-order chi connectivity index (χ1) is 23.2. The number of carbonyl (C=O) groups excluding carboxylic acids is 1. The van der Waals surface area contributed by atoms with Crippen LogP contribution in [-0.2, 0) is 14.3 Å². The highest BCUT2D eigenvalue weighted by atomic mass is 16.6. The quantitative estimate of drug-likeness (QED) is 0.0414. The van der Waals surface area contributed by atoms with Gasteiger partial charge in [0.25, 0.3) is 0 Å². The summed E-state index contributed by atoms with van der Waals surface area (Å²) in [6, 6.07) is 0. The molecule has 1 unspecified atom stereocenters. The molecule has 0 aliphatic heterocycles. The normalized spacial score (nSPS) is 13.0. The molecule has 0 aliphatic carbocycles. The van der Waals surface area contributed by atoms with Gasteiger partial charge < -0.3 is 14.6 Å². The Balaban J connectivity index is 3.51. The first kappa shape index (κ1) is 45.1. The third-order valence-corrected chi connectivity index (χ3v) is 8.32. The molecule has 0 amide bonds. The Morgan fingerprint density at radius 1 is 0.511 bits per heavy atom. The second-order valence-electron chi connectivity index (χ2n) is 13.0. The minimum absolute atomic E-state index is 0.184. The highest BCUT2D eigenvalue weighted by molar-refractivity contribution is 5.69. The van der Waals surface area contributed by atoms with Crippen molar-refractivity contribution in [3.63, 3.8) is 0 Å². The van der Waals surface area contributed by atoms with Crippen molar-refractivity contribution >= 4 is 5.97 Å². The van der Waals surface area contributed by atoms with Crippen LogP contribution in [0.2, 0.25) is 0 Å². The number of unbranched alkanes of at least 4 members (excludes halogenated alkanes) is 18. The number of aliphatic hydroxyl groups excluding tert-OH is 1. The lowest BCUT2D eigenvalue weighted by Crippen LogP contribution is -2.27. The number of carbonyl (C=O) groups is 1. The van der Waals surface area contributed by atoms with E-state index in [-0.39, 0.29) is 19.2 Å². The largest absolute Gasteiger partial charge is 0.457 e. The summed E-state index contributed by atoms with van der Waals surface area (Å²) in [5.74, 6) is -0.219. The van der Waals surface area contributed by atoms with Gasteiger partial charge in [-0.15, -0.1) is 0 Å². The number of ether oxygens (including phenoxy) is 2. The average molecular weight is 657 g/mol. The van der Waals surface area contributed by atoms with E-state index in [0.717, 1.165) is 57.8 Å². The standard InChI is InChI=1S/C43H76O4/c1-3-5-7-9-11-13-15-17-19-21-22-23-24-26-28-30-32-34-36-38-43(45)47-42(40-44)41-46-39-37-35-33-31-29-27-25-20-18-16-14-12-10-8-6-4-2/h11-14,17-20,22-23,42,44H,3-10,15-16,21,24-41H2,1-2H3/b13-11-,14-12-,19-17-,20-18-,23-22-. The second kappa shape index (κ2) is 40.3. The summed E-state index contributed by atoms with van der Waals surface area (Å²) in [6.45, 7) is 5.25. The van der Waals surface area contributed by atoms with Crippen LogP contribution in [0.1, 0.15) is 181 Å². The van der Waals surface area contributed by atoms with E-state index >= 15 is 0 Å². The monoisotopic (exact) mass is 657 g/mol. The van der Waals surface area contributed by atoms with Crippen molar-refractivity contribution in [2.24, 2.45) is 0 Å². The maximum atomic E-state index is 12.2.